The summed E-state index contributed by atoms with van der Waals surface area (Å²) in [6.45, 7) is 6.95. The SMILES string of the molecule is CCNc1ccc(OC(C)C)c(OC)c1. The van der Waals surface area contributed by atoms with Crippen molar-refractivity contribution in [1.82, 2.24) is 0 Å². The highest BCUT2D eigenvalue weighted by Gasteiger charge is 2.06. The lowest BCUT2D eigenvalue weighted by Gasteiger charge is -2.14. The van der Waals surface area contributed by atoms with E-state index in [1.54, 1.807) is 7.11 Å². The van der Waals surface area contributed by atoms with Crippen LogP contribution in [0.5, 0.6) is 11.5 Å². The molecule has 15 heavy (non-hydrogen) atoms. The van der Waals surface area contributed by atoms with Crippen LogP contribution >= 0.6 is 0 Å². The molecule has 0 fully saturated rings. The predicted octanol–water partition coefficient (Wildman–Crippen LogP) is 2.91. The van der Waals surface area contributed by atoms with Crippen molar-refractivity contribution in [2.45, 2.75) is 26.9 Å². The fourth-order valence-corrected chi connectivity index (χ4v) is 1.33. The van der Waals surface area contributed by atoms with E-state index in [4.69, 9.17) is 9.47 Å². The van der Waals surface area contributed by atoms with Gasteiger partial charge in [-0.05, 0) is 32.9 Å². The van der Waals surface area contributed by atoms with Crippen LogP contribution in [0.25, 0.3) is 0 Å². The molecule has 0 saturated heterocycles. The predicted molar refractivity (Wildman–Crippen MR) is 62.9 cm³/mol. The van der Waals surface area contributed by atoms with Crippen molar-refractivity contribution in [3.63, 3.8) is 0 Å². The van der Waals surface area contributed by atoms with Crippen molar-refractivity contribution < 1.29 is 9.47 Å². The quantitative estimate of drug-likeness (QED) is 0.808. The van der Waals surface area contributed by atoms with Gasteiger partial charge in [0.15, 0.2) is 11.5 Å². The van der Waals surface area contributed by atoms with Gasteiger partial charge >= 0.3 is 0 Å². The maximum atomic E-state index is 5.62. The monoisotopic (exact) mass is 209 g/mol. The summed E-state index contributed by atoms with van der Waals surface area (Å²) >= 11 is 0. The second kappa shape index (κ2) is 5.49. The highest BCUT2D eigenvalue weighted by Crippen LogP contribution is 2.30. The van der Waals surface area contributed by atoms with E-state index >= 15 is 0 Å². The van der Waals surface area contributed by atoms with Gasteiger partial charge in [-0.1, -0.05) is 0 Å². The Kier molecular flexibility index (Phi) is 4.28. The molecule has 84 valence electrons. The Balaban J connectivity index is 2.88. The van der Waals surface area contributed by atoms with Crippen LogP contribution in [0.4, 0.5) is 5.69 Å². The minimum Gasteiger partial charge on any atom is -0.493 e. The van der Waals surface area contributed by atoms with Gasteiger partial charge in [0.25, 0.3) is 0 Å². The summed E-state index contributed by atoms with van der Waals surface area (Å²) in [6, 6.07) is 5.86. The molecule has 1 rings (SSSR count). The number of methoxy groups -OCH3 is 1. The molecule has 0 aliphatic carbocycles. The maximum Gasteiger partial charge on any atom is 0.162 e. The summed E-state index contributed by atoms with van der Waals surface area (Å²) in [7, 11) is 1.65. The van der Waals surface area contributed by atoms with Crippen LogP contribution in [0, 0.1) is 0 Å². The van der Waals surface area contributed by atoms with Crippen molar-refractivity contribution in [2.24, 2.45) is 0 Å². The molecule has 0 aromatic heterocycles. The van der Waals surface area contributed by atoms with Gasteiger partial charge in [-0.15, -0.1) is 0 Å². The molecule has 0 atom stereocenters. The van der Waals surface area contributed by atoms with Crippen LogP contribution in [-0.2, 0) is 0 Å². The molecule has 3 nitrogen and oxygen atoms in total. The molecule has 0 amide bonds. The smallest absolute Gasteiger partial charge is 0.162 e. The average Bonchev–Trinajstić information content (AvgIpc) is 2.20. The first kappa shape index (κ1) is 11.7. The van der Waals surface area contributed by atoms with Gasteiger partial charge in [0.1, 0.15) is 0 Å². The van der Waals surface area contributed by atoms with E-state index in [0.717, 1.165) is 23.7 Å². The molecule has 0 saturated carbocycles. The van der Waals surface area contributed by atoms with Crippen molar-refractivity contribution in [1.29, 1.82) is 0 Å². The minimum atomic E-state index is 0.156. The van der Waals surface area contributed by atoms with Gasteiger partial charge < -0.3 is 14.8 Å². The number of hydrogen-bond acceptors (Lipinski definition) is 3. The molecule has 3 heteroatoms. The maximum absolute atomic E-state index is 5.62. The van der Waals surface area contributed by atoms with Crippen molar-refractivity contribution >= 4 is 5.69 Å². The second-order valence-electron chi connectivity index (χ2n) is 3.56. The Morgan fingerprint density at radius 2 is 2.00 bits per heavy atom. The minimum absolute atomic E-state index is 0.156. The van der Waals surface area contributed by atoms with Crippen LogP contribution in [0.1, 0.15) is 20.8 Å². The van der Waals surface area contributed by atoms with Crippen molar-refractivity contribution in [2.75, 3.05) is 19.0 Å². The topological polar surface area (TPSA) is 30.5 Å². The zero-order valence-electron chi connectivity index (χ0n) is 9.83. The number of hydrogen-bond donors (Lipinski definition) is 1. The molecular weight excluding hydrogens is 190 g/mol. The van der Waals surface area contributed by atoms with Gasteiger partial charge in [0, 0.05) is 18.3 Å². The first-order valence-corrected chi connectivity index (χ1v) is 5.26. The van der Waals surface area contributed by atoms with Gasteiger partial charge in [-0.25, -0.2) is 0 Å². The van der Waals surface area contributed by atoms with E-state index in [2.05, 4.69) is 12.2 Å². The van der Waals surface area contributed by atoms with E-state index < -0.39 is 0 Å². The number of rotatable bonds is 5. The second-order valence-corrected chi connectivity index (χ2v) is 3.56. The van der Waals surface area contributed by atoms with Gasteiger partial charge in [-0.2, -0.15) is 0 Å². The average molecular weight is 209 g/mol. The molecule has 0 aliphatic rings. The number of nitrogens with one attached hydrogen (secondary N) is 1. The number of ether oxygens (including phenoxy) is 2. The normalized spacial score (nSPS) is 10.2. The van der Waals surface area contributed by atoms with Crippen LogP contribution in [0.3, 0.4) is 0 Å². The van der Waals surface area contributed by atoms with Crippen molar-refractivity contribution in [3.05, 3.63) is 18.2 Å². The Hall–Kier alpha value is -1.38. The number of benzene rings is 1. The molecule has 0 bridgehead atoms. The Labute approximate surface area is 91.4 Å². The summed E-state index contributed by atoms with van der Waals surface area (Å²) in [4.78, 5) is 0. The summed E-state index contributed by atoms with van der Waals surface area (Å²) in [5, 5.41) is 3.23. The highest BCUT2D eigenvalue weighted by atomic mass is 16.5. The molecule has 1 aromatic carbocycles. The van der Waals surface area contributed by atoms with Gasteiger partial charge in [-0.3, -0.25) is 0 Å². The van der Waals surface area contributed by atoms with Gasteiger partial charge in [0.05, 0.1) is 13.2 Å². The number of anilines is 1. The third kappa shape index (κ3) is 3.35. The summed E-state index contributed by atoms with van der Waals surface area (Å²) in [5.74, 6) is 1.55. The zero-order chi connectivity index (χ0) is 11.3. The van der Waals surface area contributed by atoms with Crippen LogP contribution < -0.4 is 14.8 Å². The molecule has 0 unspecified atom stereocenters. The lowest BCUT2D eigenvalue weighted by molar-refractivity contribution is 0.230. The summed E-state index contributed by atoms with van der Waals surface area (Å²) in [6.07, 6.45) is 0.156. The molecule has 0 radical (unpaired) electrons. The van der Waals surface area contributed by atoms with Gasteiger partial charge in [0.2, 0.25) is 0 Å². The third-order valence-corrected chi connectivity index (χ3v) is 1.91. The van der Waals surface area contributed by atoms with Crippen LogP contribution in [-0.4, -0.2) is 19.8 Å². The van der Waals surface area contributed by atoms with E-state index in [1.165, 1.54) is 0 Å². The lowest BCUT2D eigenvalue weighted by atomic mass is 10.2. The molecule has 1 N–H and O–H groups in total. The lowest BCUT2D eigenvalue weighted by Crippen LogP contribution is -2.07. The summed E-state index contributed by atoms with van der Waals surface area (Å²) in [5.41, 5.74) is 1.05. The molecule has 1 aromatic rings. The molecule has 0 heterocycles. The largest absolute Gasteiger partial charge is 0.493 e. The first-order chi connectivity index (χ1) is 7.17. The Morgan fingerprint density at radius 1 is 1.27 bits per heavy atom. The van der Waals surface area contributed by atoms with Crippen molar-refractivity contribution in [3.8, 4) is 11.5 Å². The van der Waals surface area contributed by atoms with E-state index in [-0.39, 0.29) is 6.10 Å². The molecular formula is C12H19NO2. The first-order valence-electron chi connectivity index (χ1n) is 5.26. The van der Waals surface area contributed by atoms with Crippen LogP contribution in [0.15, 0.2) is 18.2 Å². The summed E-state index contributed by atoms with van der Waals surface area (Å²) < 4.78 is 10.9. The van der Waals surface area contributed by atoms with E-state index in [1.807, 2.05) is 32.0 Å². The zero-order valence-corrected chi connectivity index (χ0v) is 9.83. The fourth-order valence-electron chi connectivity index (χ4n) is 1.33. The Morgan fingerprint density at radius 3 is 2.53 bits per heavy atom. The third-order valence-electron chi connectivity index (χ3n) is 1.91. The van der Waals surface area contributed by atoms with E-state index in [9.17, 15) is 0 Å². The van der Waals surface area contributed by atoms with E-state index in [0.29, 0.717) is 0 Å². The molecule has 0 spiro atoms. The van der Waals surface area contributed by atoms with Crippen LogP contribution in [0.2, 0.25) is 0 Å². The highest BCUT2D eigenvalue weighted by molar-refractivity contribution is 5.54. The standard InChI is InChI=1S/C12H19NO2/c1-5-13-10-6-7-11(15-9(2)3)12(8-10)14-4/h6-9,13H,5H2,1-4H3. The fraction of sp³-hybridized carbons (Fsp3) is 0.500. The Bertz CT molecular complexity index is 310. The molecule has 0 aliphatic heterocycles.